The molecule has 1 rings (SSSR count). The first-order chi connectivity index (χ1) is 8.23. The second-order valence-corrected chi connectivity index (χ2v) is 6.82. The number of rotatable bonds is 5. The molecule has 0 bridgehead atoms. The Morgan fingerprint density at radius 2 is 2.06 bits per heavy atom. The Morgan fingerprint density at radius 3 is 2.56 bits per heavy atom. The minimum absolute atomic E-state index is 0.0414. The Hall–Kier alpha value is -0.790. The van der Waals surface area contributed by atoms with Gasteiger partial charge in [0.25, 0.3) is 0 Å². The molecule has 18 heavy (non-hydrogen) atoms. The first-order valence-electron chi connectivity index (χ1n) is 7.05. The van der Waals surface area contributed by atoms with Gasteiger partial charge < -0.3 is 4.74 Å². The molecular formula is C16H28O2. The molecule has 0 aromatic rings. The van der Waals surface area contributed by atoms with Crippen LogP contribution in [-0.2, 0) is 9.53 Å². The molecule has 0 amide bonds. The van der Waals surface area contributed by atoms with Crippen molar-refractivity contribution in [3.63, 3.8) is 0 Å². The number of carbonyl (C=O) groups excluding carboxylic acids is 1. The van der Waals surface area contributed by atoms with Crippen molar-refractivity contribution in [2.45, 2.75) is 60.8 Å². The summed E-state index contributed by atoms with van der Waals surface area (Å²) in [5, 5.41) is 0. The summed E-state index contributed by atoms with van der Waals surface area (Å²) in [7, 11) is 0. The van der Waals surface area contributed by atoms with Crippen LogP contribution in [0.15, 0.2) is 11.1 Å². The van der Waals surface area contributed by atoms with E-state index in [4.69, 9.17) is 4.74 Å². The fraction of sp³-hybridized carbons (Fsp3) is 0.812. The van der Waals surface area contributed by atoms with Crippen LogP contribution in [-0.4, -0.2) is 12.6 Å². The quantitative estimate of drug-likeness (QED) is 0.537. The van der Waals surface area contributed by atoms with E-state index in [1.165, 1.54) is 19.8 Å². The van der Waals surface area contributed by atoms with Crippen molar-refractivity contribution in [1.82, 2.24) is 0 Å². The molecule has 0 heterocycles. The predicted molar refractivity (Wildman–Crippen MR) is 75.3 cm³/mol. The third-order valence-corrected chi connectivity index (χ3v) is 3.97. The topological polar surface area (TPSA) is 26.3 Å². The van der Waals surface area contributed by atoms with Gasteiger partial charge in [-0.05, 0) is 38.0 Å². The Labute approximate surface area is 112 Å². The van der Waals surface area contributed by atoms with Crippen LogP contribution < -0.4 is 0 Å². The standard InChI is InChI=1S/C16H28O2/c1-11(2)14-8-7-12(3)15(14)9-16(5,6)10-18-13(4)17/h11,14H,7-10H2,1-6H3. The Bertz CT molecular complexity index is 337. The van der Waals surface area contributed by atoms with Crippen LogP contribution in [0.5, 0.6) is 0 Å². The number of allylic oxidation sites excluding steroid dienone is 2. The van der Waals surface area contributed by atoms with Crippen molar-refractivity contribution in [2.75, 3.05) is 6.61 Å². The molecule has 0 saturated heterocycles. The van der Waals surface area contributed by atoms with Gasteiger partial charge in [0.2, 0.25) is 0 Å². The van der Waals surface area contributed by atoms with Crippen LogP contribution >= 0.6 is 0 Å². The van der Waals surface area contributed by atoms with E-state index in [0.29, 0.717) is 12.5 Å². The van der Waals surface area contributed by atoms with E-state index in [-0.39, 0.29) is 11.4 Å². The van der Waals surface area contributed by atoms with Crippen molar-refractivity contribution < 1.29 is 9.53 Å². The summed E-state index contributed by atoms with van der Waals surface area (Å²) in [6.07, 6.45) is 3.58. The Kier molecular flexibility index (Phi) is 5.01. The van der Waals surface area contributed by atoms with Gasteiger partial charge in [-0.1, -0.05) is 38.8 Å². The number of carbonyl (C=O) groups is 1. The number of hydrogen-bond acceptors (Lipinski definition) is 2. The maximum atomic E-state index is 10.9. The zero-order chi connectivity index (χ0) is 13.9. The molecule has 1 unspecified atom stereocenters. The number of ether oxygens (including phenoxy) is 1. The summed E-state index contributed by atoms with van der Waals surface area (Å²) in [6, 6.07) is 0. The average Bonchev–Trinajstić information content (AvgIpc) is 2.57. The van der Waals surface area contributed by atoms with Crippen molar-refractivity contribution in [2.24, 2.45) is 17.3 Å². The van der Waals surface area contributed by atoms with Gasteiger partial charge >= 0.3 is 5.97 Å². The summed E-state index contributed by atoms with van der Waals surface area (Å²) < 4.78 is 5.19. The lowest BCUT2D eigenvalue weighted by molar-refractivity contribution is -0.143. The zero-order valence-corrected chi connectivity index (χ0v) is 12.8. The van der Waals surface area contributed by atoms with E-state index >= 15 is 0 Å². The van der Waals surface area contributed by atoms with Crippen LogP contribution in [0.1, 0.15) is 60.8 Å². The Balaban J connectivity index is 2.69. The summed E-state index contributed by atoms with van der Waals surface area (Å²) in [5.74, 6) is 1.25. The second kappa shape index (κ2) is 5.90. The molecule has 0 saturated carbocycles. The van der Waals surface area contributed by atoms with Crippen LogP contribution in [0.3, 0.4) is 0 Å². The number of esters is 1. The molecule has 104 valence electrons. The lowest BCUT2D eigenvalue weighted by Crippen LogP contribution is -2.24. The molecule has 0 aliphatic heterocycles. The normalized spacial score (nSPS) is 20.7. The molecule has 0 radical (unpaired) electrons. The van der Waals surface area contributed by atoms with Crippen LogP contribution in [0.2, 0.25) is 0 Å². The van der Waals surface area contributed by atoms with Gasteiger partial charge in [0.15, 0.2) is 0 Å². The van der Waals surface area contributed by atoms with Gasteiger partial charge in [-0.15, -0.1) is 0 Å². The van der Waals surface area contributed by atoms with Gasteiger partial charge in [0.05, 0.1) is 6.61 Å². The van der Waals surface area contributed by atoms with E-state index in [9.17, 15) is 4.79 Å². The molecule has 2 heteroatoms. The minimum Gasteiger partial charge on any atom is -0.465 e. The summed E-state index contributed by atoms with van der Waals surface area (Å²) in [5.41, 5.74) is 3.21. The first kappa shape index (κ1) is 15.3. The predicted octanol–water partition coefficient (Wildman–Crippen LogP) is 4.35. The molecule has 0 fully saturated rings. The highest BCUT2D eigenvalue weighted by Gasteiger charge is 2.31. The van der Waals surface area contributed by atoms with Gasteiger partial charge in [-0.25, -0.2) is 0 Å². The molecule has 0 spiro atoms. The van der Waals surface area contributed by atoms with E-state index in [0.717, 1.165) is 12.3 Å². The van der Waals surface area contributed by atoms with Gasteiger partial charge in [0, 0.05) is 12.3 Å². The first-order valence-corrected chi connectivity index (χ1v) is 7.05. The van der Waals surface area contributed by atoms with E-state index in [1.54, 1.807) is 11.1 Å². The van der Waals surface area contributed by atoms with E-state index < -0.39 is 0 Å². The van der Waals surface area contributed by atoms with Gasteiger partial charge in [-0.3, -0.25) is 4.79 Å². The highest BCUT2D eigenvalue weighted by atomic mass is 16.5. The molecule has 1 aliphatic carbocycles. The third-order valence-electron chi connectivity index (χ3n) is 3.97. The zero-order valence-electron chi connectivity index (χ0n) is 12.8. The van der Waals surface area contributed by atoms with E-state index in [1.807, 2.05) is 0 Å². The second-order valence-electron chi connectivity index (χ2n) is 6.82. The van der Waals surface area contributed by atoms with Crippen molar-refractivity contribution in [1.29, 1.82) is 0 Å². The SMILES string of the molecule is CC(=O)OCC(C)(C)CC1=C(C)CCC1C(C)C. The maximum Gasteiger partial charge on any atom is 0.302 e. The smallest absolute Gasteiger partial charge is 0.302 e. The van der Waals surface area contributed by atoms with Crippen LogP contribution in [0, 0.1) is 17.3 Å². The molecule has 1 atom stereocenters. The molecular weight excluding hydrogens is 224 g/mol. The number of hydrogen-bond donors (Lipinski definition) is 0. The van der Waals surface area contributed by atoms with Crippen molar-refractivity contribution >= 4 is 5.97 Å². The van der Waals surface area contributed by atoms with Crippen LogP contribution in [0.25, 0.3) is 0 Å². The molecule has 0 N–H and O–H groups in total. The monoisotopic (exact) mass is 252 g/mol. The fourth-order valence-corrected chi connectivity index (χ4v) is 2.90. The summed E-state index contributed by atoms with van der Waals surface area (Å²) in [4.78, 5) is 10.9. The summed E-state index contributed by atoms with van der Waals surface area (Å²) >= 11 is 0. The average molecular weight is 252 g/mol. The lowest BCUT2D eigenvalue weighted by Gasteiger charge is -2.29. The van der Waals surface area contributed by atoms with Gasteiger partial charge in [0.1, 0.15) is 0 Å². The highest BCUT2D eigenvalue weighted by Crippen LogP contribution is 2.42. The third kappa shape index (κ3) is 4.15. The Morgan fingerprint density at radius 1 is 1.44 bits per heavy atom. The maximum absolute atomic E-state index is 10.9. The van der Waals surface area contributed by atoms with Gasteiger partial charge in [-0.2, -0.15) is 0 Å². The summed E-state index contributed by atoms with van der Waals surface area (Å²) in [6.45, 7) is 13.2. The molecule has 0 aromatic carbocycles. The fourth-order valence-electron chi connectivity index (χ4n) is 2.90. The van der Waals surface area contributed by atoms with Crippen LogP contribution in [0.4, 0.5) is 0 Å². The minimum atomic E-state index is -0.180. The molecule has 2 nitrogen and oxygen atoms in total. The highest BCUT2D eigenvalue weighted by molar-refractivity contribution is 5.65. The van der Waals surface area contributed by atoms with Crippen molar-refractivity contribution in [3.8, 4) is 0 Å². The van der Waals surface area contributed by atoms with Crippen molar-refractivity contribution in [3.05, 3.63) is 11.1 Å². The molecule has 1 aliphatic rings. The van der Waals surface area contributed by atoms with E-state index in [2.05, 4.69) is 34.6 Å². The largest absolute Gasteiger partial charge is 0.465 e. The lowest BCUT2D eigenvalue weighted by atomic mass is 9.79. The molecule has 0 aromatic heterocycles.